The number of rotatable bonds is 17. The van der Waals surface area contributed by atoms with Crippen LogP contribution in [0.25, 0.3) is 0 Å². The van der Waals surface area contributed by atoms with Crippen LogP contribution < -0.4 is 0 Å². The van der Waals surface area contributed by atoms with Crippen molar-refractivity contribution in [2.45, 2.75) is 33.0 Å². The Balaban J connectivity index is 0.000000335. The molecule has 0 aliphatic rings. The van der Waals surface area contributed by atoms with E-state index in [9.17, 15) is 18.3 Å². The first kappa shape index (κ1) is 51.5. The zero-order valence-electron chi connectivity index (χ0n) is 32.2. The second-order valence-electron chi connectivity index (χ2n) is 12.3. The zero-order valence-corrected chi connectivity index (χ0v) is 38.8. The molecular formula is C42H45Cl4NO9P4. The molecule has 60 heavy (non-hydrogen) atoms. The van der Waals surface area contributed by atoms with Crippen LogP contribution in [-0.4, -0.2) is 21.9 Å². The monoisotopic (exact) mass is 971 g/mol. The second kappa shape index (κ2) is 27.9. The number of aliphatic hydroxyl groups excluding tert-OH is 1. The minimum Gasteiger partial charge on any atom is -0.392 e. The van der Waals surface area contributed by atoms with Crippen LogP contribution in [-0.2, 0) is 69.4 Å². The number of aromatic nitrogens is 1. The highest BCUT2D eigenvalue weighted by molar-refractivity contribution is 8.21. The van der Waals surface area contributed by atoms with Crippen LogP contribution in [0.3, 0.4) is 0 Å². The Morgan fingerprint density at radius 2 is 0.633 bits per heavy atom. The van der Waals surface area contributed by atoms with E-state index in [0.717, 1.165) is 27.8 Å². The molecule has 0 spiro atoms. The Kier molecular flexibility index (Phi) is 24.0. The van der Waals surface area contributed by atoms with E-state index in [2.05, 4.69) is 4.98 Å². The van der Waals surface area contributed by atoms with Crippen molar-refractivity contribution in [2.75, 3.05) is 11.8 Å². The molecule has 0 aliphatic carbocycles. The Labute approximate surface area is 371 Å². The molecule has 0 saturated heterocycles. The lowest BCUT2D eigenvalue weighted by Crippen LogP contribution is -2.07. The minimum absolute atomic E-state index is 0.0320. The molecule has 0 saturated carbocycles. The Hall–Kier alpha value is -2.87. The molecule has 5 aromatic carbocycles. The first-order chi connectivity index (χ1) is 28.7. The highest BCUT2D eigenvalue weighted by Crippen LogP contribution is 2.72. The Morgan fingerprint density at radius 1 is 0.383 bits per heavy atom. The number of hydrogen-bond donors (Lipinski definition) is 1. The predicted octanol–water partition coefficient (Wildman–Crippen LogP) is 14.7. The quantitative estimate of drug-likeness (QED) is 0.0879. The van der Waals surface area contributed by atoms with Gasteiger partial charge in [-0.1, -0.05) is 158 Å². The molecule has 1 N–H and O–H groups in total. The average molecular weight is 974 g/mol. The number of benzene rings is 5. The van der Waals surface area contributed by atoms with E-state index >= 15 is 0 Å². The van der Waals surface area contributed by atoms with Crippen LogP contribution in [0.4, 0.5) is 0 Å². The Morgan fingerprint density at radius 3 is 0.800 bits per heavy atom. The third-order valence-corrected chi connectivity index (χ3v) is 18.7. The number of hydrogen-bond acceptors (Lipinski definition) is 10. The number of aliphatic hydroxyl groups is 1. The van der Waals surface area contributed by atoms with Crippen molar-refractivity contribution >= 4 is 71.8 Å². The van der Waals surface area contributed by atoms with Crippen molar-refractivity contribution in [3.05, 3.63) is 210 Å². The smallest absolute Gasteiger partial charge is 0.343 e. The molecule has 320 valence electrons. The normalized spacial score (nSPS) is 11.4. The number of nitrogens with zero attached hydrogens (tertiary/aromatic N) is 1. The first-order valence-electron chi connectivity index (χ1n) is 18.0. The van der Waals surface area contributed by atoms with Gasteiger partial charge in [-0.2, -0.15) is 0 Å². The summed E-state index contributed by atoms with van der Waals surface area (Å²) < 4.78 is 72.2. The number of halogens is 4. The molecule has 0 atom stereocenters. The standard InChI is InChI=1S/C29H30O6P2.C7H8O.C5H5N.CH2Cl4O2P2/c30-36(32-21-26-13-5-1-6-14-26,33-22-27-15-7-2-8-16-27)25-37(31,34-23-28-17-9-3-10-18-28)35-24-29-19-11-4-12-20-29;8-6-7-4-2-1-3-5-7;1-2-4-6-5-3-1;2-8(3,6)1-9(4,5)7/h1-20H,21-25H2;1-5,8H,6H2;1-5H;1H2. The zero-order chi connectivity index (χ0) is 43.6. The van der Waals surface area contributed by atoms with E-state index in [4.69, 9.17) is 68.2 Å². The summed E-state index contributed by atoms with van der Waals surface area (Å²) in [7, 11) is -7.85. The maximum atomic E-state index is 14.0. The van der Waals surface area contributed by atoms with Crippen LogP contribution in [0.2, 0.25) is 0 Å². The van der Waals surface area contributed by atoms with Gasteiger partial charge in [0, 0.05) is 12.4 Å². The molecule has 6 rings (SSSR count). The molecule has 0 aliphatic heterocycles. The second-order valence-corrected chi connectivity index (χ2v) is 28.0. The highest BCUT2D eigenvalue weighted by atomic mass is 35.9. The van der Waals surface area contributed by atoms with Crippen molar-refractivity contribution in [1.82, 2.24) is 4.98 Å². The van der Waals surface area contributed by atoms with E-state index < -0.39 is 38.7 Å². The fourth-order valence-electron chi connectivity index (χ4n) is 4.53. The van der Waals surface area contributed by atoms with Crippen molar-refractivity contribution in [3.63, 3.8) is 0 Å². The Bertz CT molecular complexity index is 1980. The van der Waals surface area contributed by atoms with E-state index in [1.54, 1.807) is 12.4 Å². The van der Waals surface area contributed by atoms with Crippen LogP contribution in [0.1, 0.15) is 27.8 Å². The van der Waals surface area contributed by atoms with Gasteiger partial charge in [0.2, 0.25) is 0 Å². The van der Waals surface area contributed by atoms with E-state index in [1.807, 2.05) is 170 Å². The molecule has 0 amide bonds. The topological polar surface area (TPSA) is 138 Å². The van der Waals surface area contributed by atoms with Gasteiger partial charge in [-0.15, -0.1) is 0 Å². The van der Waals surface area contributed by atoms with Gasteiger partial charge in [-0.3, -0.25) is 23.2 Å². The maximum absolute atomic E-state index is 14.0. The van der Waals surface area contributed by atoms with Gasteiger partial charge in [0.05, 0.1) is 33.0 Å². The van der Waals surface area contributed by atoms with Gasteiger partial charge >= 0.3 is 15.2 Å². The van der Waals surface area contributed by atoms with Crippen LogP contribution >= 0.6 is 71.8 Å². The fourth-order valence-corrected chi connectivity index (χ4v) is 18.0. The van der Waals surface area contributed by atoms with E-state index in [0.29, 0.717) is 0 Å². The highest BCUT2D eigenvalue weighted by Gasteiger charge is 2.39. The lowest BCUT2D eigenvalue weighted by Gasteiger charge is -2.24. The molecule has 10 nitrogen and oxygen atoms in total. The van der Waals surface area contributed by atoms with Gasteiger partial charge in [0.1, 0.15) is 5.90 Å². The summed E-state index contributed by atoms with van der Waals surface area (Å²) in [4.78, 5) is 3.78. The largest absolute Gasteiger partial charge is 0.392 e. The molecule has 0 bridgehead atoms. The first-order valence-corrected chi connectivity index (χ1v) is 28.9. The van der Waals surface area contributed by atoms with Crippen LogP contribution in [0, 0.1) is 0 Å². The molecule has 0 unspecified atom stereocenters. The van der Waals surface area contributed by atoms with Crippen LogP contribution in [0.15, 0.2) is 182 Å². The summed E-state index contributed by atoms with van der Waals surface area (Å²) in [6.07, 6.45) is 3.50. The minimum atomic E-state index is -3.93. The fraction of sp³-hybridized carbons (Fsp3) is 0.167. The molecule has 0 fully saturated rings. The third kappa shape index (κ3) is 24.5. The van der Waals surface area contributed by atoms with Gasteiger partial charge in [-0.05, 0) is 84.9 Å². The molecule has 1 heterocycles. The van der Waals surface area contributed by atoms with Gasteiger partial charge in [0.25, 0.3) is 11.7 Å². The molecule has 1 aromatic heterocycles. The summed E-state index contributed by atoms with van der Waals surface area (Å²) in [5.41, 5.74) is 4.23. The summed E-state index contributed by atoms with van der Waals surface area (Å²) in [6, 6.07) is 52.6. The SMILES string of the molecule is O=P(CP(=O)(OCc1ccccc1)OCc1ccccc1)(OCc1ccccc1)OCc1ccccc1.O=P(Cl)(Cl)CP(=O)(Cl)Cl.OCc1ccccc1.c1ccncc1. The van der Waals surface area contributed by atoms with Crippen molar-refractivity contribution in [1.29, 1.82) is 0 Å². The molecule has 18 heteroatoms. The lowest BCUT2D eigenvalue weighted by molar-refractivity contribution is 0.177. The van der Waals surface area contributed by atoms with E-state index in [-0.39, 0.29) is 33.0 Å². The van der Waals surface area contributed by atoms with Crippen molar-refractivity contribution < 1.29 is 41.5 Å². The van der Waals surface area contributed by atoms with Crippen molar-refractivity contribution in [2.24, 2.45) is 0 Å². The third-order valence-electron chi connectivity index (χ3n) is 7.35. The van der Waals surface area contributed by atoms with Gasteiger partial charge < -0.3 is 23.2 Å². The molecular weight excluding hydrogens is 928 g/mol. The number of pyridine rings is 1. The summed E-state index contributed by atoms with van der Waals surface area (Å²) in [5.74, 6) is -7.79. The molecule has 0 radical (unpaired) electrons. The van der Waals surface area contributed by atoms with Crippen LogP contribution in [0.5, 0.6) is 0 Å². The summed E-state index contributed by atoms with van der Waals surface area (Å²) in [6.45, 7) is 0.268. The van der Waals surface area contributed by atoms with E-state index in [1.165, 1.54) is 0 Å². The predicted molar refractivity (Wildman–Crippen MR) is 245 cm³/mol. The summed E-state index contributed by atoms with van der Waals surface area (Å²) >= 11 is 20.0. The maximum Gasteiger partial charge on any atom is 0.343 e. The van der Waals surface area contributed by atoms with Crippen molar-refractivity contribution in [3.8, 4) is 0 Å². The average Bonchev–Trinajstić information content (AvgIpc) is 3.25. The van der Waals surface area contributed by atoms with Gasteiger partial charge in [0.15, 0.2) is 5.90 Å². The molecule has 6 aromatic rings. The summed E-state index contributed by atoms with van der Waals surface area (Å²) in [5, 5.41) is 8.54. The van der Waals surface area contributed by atoms with Gasteiger partial charge in [-0.25, -0.2) is 0 Å². The lowest BCUT2D eigenvalue weighted by atomic mass is 10.2.